The summed E-state index contributed by atoms with van der Waals surface area (Å²) in [6.45, 7) is 4.00. The van der Waals surface area contributed by atoms with Crippen molar-refractivity contribution in [3.8, 4) is 11.1 Å². The second-order valence-electron chi connectivity index (χ2n) is 2.73. The Kier molecular flexibility index (Phi) is 21.7. The van der Waals surface area contributed by atoms with E-state index in [-0.39, 0.29) is 29.7 Å². The van der Waals surface area contributed by atoms with Crippen LogP contribution in [0, 0.1) is 0 Å². The first kappa shape index (κ1) is 25.3. The van der Waals surface area contributed by atoms with E-state index in [1.54, 1.807) is 0 Å². The Morgan fingerprint density at radius 2 is 0.667 bits per heavy atom. The predicted octanol–water partition coefficient (Wildman–Crippen LogP) is 6.92. The lowest BCUT2D eigenvalue weighted by atomic mass is 10.1. The van der Waals surface area contributed by atoms with Crippen LogP contribution < -0.4 is 0 Å². The Balaban J connectivity index is -0.000000156. The van der Waals surface area contributed by atoms with E-state index in [0.29, 0.717) is 0 Å². The maximum absolute atomic E-state index is 2.12. The molecule has 0 unspecified atom stereocenters. The molecule has 0 saturated carbocycles. The van der Waals surface area contributed by atoms with Crippen molar-refractivity contribution < 1.29 is 0 Å². The molecule has 0 aromatic heterocycles. The van der Waals surface area contributed by atoms with Crippen molar-refractivity contribution in [3.05, 3.63) is 60.7 Å². The zero-order valence-electron chi connectivity index (χ0n) is 8.77. The van der Waals surface area contributed by atoms with E-state index >= 15 is 0 Å². The van der Waals surface area contributed by atoms with Crippen molar-refractivity contribution >= 4 is 0 Å². The number of hydrogen-bond acceptors (Lipinski definition) is 0. The van der Waals surface area contributed by atoms with Crippen LogP contribution in [0.25, 0.3) is 11.1 Å². The van der Waals surface area contributed by atoms with Crippen LogP contribution in [0.2, 0.25) is 0 Å². The predicted molar refractivity (Wildman–Crippen MR) is 90.2 cm³/mol. The van der Waals surface area contributed by atoms with Gasteiger partial charge in [0, 0.05) is 0 Å². The van der Waals surface area contributed by atoms with Crippen molar-refractivity contribution in [2.75, 3.05) is 0 Å². The summed E-state index contributed by atoms with van der Waals surface area (Å²) < 4.78 is 0. The van der Waals surface area contributed by atoms with E-state index in [4.69, 9.17) is 0 Å². The second-order valence-corrected chi connectivity index (χ2v) is 2.73. The van der Waals surface area contributed by atoms with Crippen LogP contribution in [0.15, 0.2) is 60.7 Å². The highest BCUT2D eigenvalue weighted by atomic mass is 14.0. The van der Waals surface area contributed by atoms with Crippen LogP contribution in [-0.2, 0) is 0 Å². The normalized spacial score (nSPS) is 6.78. The van der Waals surface area contributed by atoms with E-state index < -0.39 is 0 Å². The number of rotatable bonds is 1. The highest BCUT2D eigenvalue weighted by Gasteiger charge is 1.91. The Morgan fingerprint density at radius 1 is 0.444 bits per heavy atom. The Hall–Kier alpha value is -1.56. The molecule has 0 spiro atoms. The molecule has 2 aromatic carbocycles. The van der Waals surface area contributed by atoms with Gasteiger partial charge in [-0.25, -0.2) is 0 Å². The molecule has 0 fully saturated rings. The fourth-order valence-corrected chi connectivity index (χ4v) is 1.26. The van der Waals surface area contributed by atoms with Gasteiger partial charge in [-0.3, -0.25) is 0 Å². The second kappa shape index (κ2) is 15.4. The van der Waals surface area contributed by atoms with Gasteiger partial charge in [-0.05, 0) is 11.1 Å². The summed E-state index contributed by atoms with van der Waals surface area (Å²) in [5.74, 6) is 0. The Labute approximate surface area is 116 Å². The van der Waals surface area contributed by atoms with Crippen LogP contribution in [0.5, 0.6) is 0 Å². The minimum absolute atomic E-state index is 0. The van der Waals surface area contributed by atoms with Crippen LogP contribution in [0.3, 0.4) is 0 Å². The topological polar surface area (TPSA) is 0 Å². The average Bonchev–Trinajstić information content (AvgIpc) is 2.34. The van der Waals surface area contributed by atoms with E-state index in [1.165, 1.54) is 11.1 Å². The van der Waals surface area contributed by atoms with Crippen LogP contribution in [0.4, 0.5) is 0 Å². The Morgan fingerprint density at radius 3 is 0.889 bits per heavy atom. The minimum atomic E-state index is 0. The van der Waals surface area contributed by atoms with E-state index in [0.717, 1.165) is 0 Å². The number of benzene rings is 2. The molecule has 0 heteroatoms. The van der Waals surface area contributed by atoms with Gasteiger partial charge in [0.1, 0.15) is 0 Å². The summed E-state index contributed by atoms with van der Waals surface area (Å²) >= 11 is 0. The quantitative estimate of drug-likeness (QED) is 0.513. The largest absolute Gasteiger partial charge is 0.0776 e. The molecule has 104 valence electrons. The molecule has 18 heavy (non-hydrogen) atoms. The maximum Gasteiger partial charge on any atom is -0.0184 e. The smallest absolute Gasteiger partial charge is 0.0184 e. The van der Waals surface area contributed by atoms with Crippen LogP contribution in [-0.4, -0.2) is 0 Å². The summed E-state index contributed by atoms with van der Waals surface area (Å²) in [7, 11) is 0. The van der Waals surface area contributed by atoms with Crippen molar-refractivity contribution in [3.63, 3.8) is 0 Å². The zero-order chi connectivity index (χ0) is 10.2. The van der Waals surface area contributed by atoms with Gasteiger partial charge in [0.15, 0.2) is 0 Å². The van der Waals surface area contributed by atoms with E-state index in [1.807, 2.05) is 26.0 Å². The molecule has 0 aliphatic rings. The first-order valence-corrected chi connectivity index (χ1v) is 5.07. The monoisotopic (exact) mass is 248 g/mol. The summed E-state index contributed by atoms with van der Waals surface area (Å²) in [6, 6.07) is 20.8. The molecule has 0 saturated heterocycles. The first-order valence-electron chi connectivity index (χ1n) is 5.07. The SMILES string of the molecule is C.C.C.C.CC.c1ccc(-c2ccccc2)cc1. The molecule has 0 bridgehead atoms. The standard InChI is InChI=1S/C12H10.C2H6.4CH4/c1-3-7-11(8-4-1)12-9-5-2-6-10-12;1-2;;;;/h1-10H;1-2H3;4*1H4. The lowest BCUT2D eigenvalue weighted by Crippen LogP contribution is -1.73. The van der Waals surface area contributed by atoms with Gasteiger partial charge in [0.25, 0.3) is 0 Å². The molecule has 0 aliphatic heterocycles. The van der Waals surface area contributed by atoms with Crippen molar-refractivity contribution in [1.82, 2.24) is 0 Å². The molecule has 0 aliphatic carbocycles. The third kappa shape index (κ3) is 7.67. The molecule has 2 aromatic rings. The van der Waals surface area contributed by atoms with Crippen molar-refractivity contribution in [2.24, 2.45) is 0 Å². The lowest BCUT2D eigenvalue weighted by Gasteiger charge is -1.98. The van der Waals surface area contributed by atoms with Gasteiger partial charge in [-0.1, -0.05) is 104 Å². The maximum atomic E-state index is 2.12. The fourth-order valence-electron chi connectivity index (χ4n) is 1.26. The molecule has 0 N–H and O–H groups in total. The van der Waals surface area contributed by atoms with Gasteiger partial charge in [-0.15, -0.1) is 0 Å². The molecule has 0 heterocycles. The van der Waals surface area contributed by atoms with Gasteiger partial charge < -0.3 is 0 Å². The zero-order valence-corrected chi connectivity index (χ0v) is 8.77. The third-order valence-corrected chi connectivity index (χ3v) is 1.88. The van der Waals surface area contributed by atoms with E-state index in [9.17, 15) is 0 Å². The van der Waals surface area contributed by atoms with Gasteiger partial charge >= 0.3 is 0 Å². The lowest BCUT2D eigenvalue weighted by molar-refractivity contribution is 1.50. The summed E-state index contributed by atoms with van der Waals surface area (Å²) in [5.41, 5.74) is 2.55. The number of hydrogen-bond donors (Lipinski definition) is 0. The van der Waals surface area contributed by atoms with Gasteiger partial charge in [-0.2, -0.15) is 0 Å². The highest BCUT2D eigenvalue weighted by molar-refractivity contribution is 5.62. The summed E-state index contributed by atoms with van der Waals surface area (Å²) in [5, 5.41) is 0. The molecule has 0 atom stereocenters. The van der Waals surface area contributed by atoms with Crippen LogP contribution >= 0.6 is 0 Å². The molecule has 0 amide bonds. The summed E-state index contributed by atoms with van der Waals surface area (Å²) in [4.78, 5) is 0. The van der Waals surface area contributed by atoms with Gasteiger partial charge in [0.2, 0.25) is 0 Å². The summed E-state index contributed by atoms with van der Waals surface area (Å²) in [6.07, 6.45) is 0. The average molecular weight is 248 g/mol. The van der Waals surface area contributed by atoms with Crippen molar-refractivity contribution in [2.45, 2.75) is 43.6 Å². The van der Waals surface area contributed by atoms with Crippen molar-refractivity contribution in [1.29, 1.82) is 0 Å². The molecule has 0 radical (unpaired) electrons. The molecule has 0 nitrogen and oxygen atoms in total. The molecular formula is C18H32. The van der Waals surface area contributed by atoms with Gasteiger partial charge in [0.05, 0.1) is 0 Å². The minimum Gasteiger partial charge on any atom is -0.0776 e. The molecule has 2 rings (SSSR count). The Bertz CT molecular complexity index is 297. The molecular weight excluding hydrogens is 216 g/mol. The highest BCUT2D eigenvalue weighted by Crippen LogP contribution is 2.17. The van der Waals surface area contributed by atoms with Crippen LogP contribution in [0.1, 0.15) is 43.6 Å². The fraction of sp³-hybridized carbons (Fsp3) is 0.333. The van der Waals surface area contributed by atoms with E-state index in [2.05, 4.69) is 48.5 Å². The third-order valence-electron chi connectivity index (χ3n) is 1.88. The first-order chi connectivity index (χ1) is 6.97.